The third-order valence-corrected chi connectivity index (χ3v) is 12.0. The molecule has 9 heteroatoms. The van der Waals surface area contributed by atoms with Crippen LogP contribution in [0.25, 0.3) is 45.0 Å². The molecule has 0 fully saturated rings. The van der Waals surface area contributed by atoms with Crippen LogP contribution in [0.2, 0.25) is 0 Å². The van der Waals surface area contributed by atoms with Crippen LogP contribution in [0.5, 0.6) is 23.0 Å². The highest BCUT2D eigenvalue weighted by atomic mass is 16.5. The monoisotopic (exact) mass is 849 g/mol. The smallest absolute Gasteiger partial charge is 0.343 e. The van der Waals surface area contributed by atoms with Gasteiger partial charge in [0.05, 0.1) is 47.1 Å². The number of benzene rings is 4. The van der Waals surface area contributed by atoms with Crippen LogP contribution in [0.3, 0.4) is 0 Å². The number of pyridine rings is 3. The van der Waals surface area contributed by atoms with Crippen molar-refractivity contribution >= 4 is 11.9 Å². The fourth-order valence-electron chi connectivity index (χ4n) is 8.59. The summed E-state index contributed by atoms with van der Waals surface area (Å²) in [7, 11) is 0. The van der Waals surface area contributed by atoms with Crippen molar-refractivity contribution in [3.05, 3.63) is 161 Å². The molecule has 0 N–H and O–H groups in total. The highest BCUT2D eigenvalue weighted by molar-refractivity contribution is 5.92. The van der Waals surface area contributed by atoms with E-state index in [9.17, 15) is 9.59 Å². The molecule has 3 aromatic heterocycles. The van der Waals surface area contributed by atoms with Gasteiger partial charge in [-0.25, -0.2) is 14.6 Å². The Labute approximate surface area is 374 Å². The van der Waals surface area contributed by atoms with Gasteiger partial charge in [-0.3, -0.25) is 9.97 Å². The number of hydrogen-bond donors (Lipinski definition) is 0. The molecular formula is C55H51N3O6. The number of nitrogens with zero attached hydrogens (tertiary/aromatic N) is 3. The largest absolute Gasteiger partial charge is 0.494 e. The first kappa shape index (κ1) is 42.2. The number of aromatic nitrogens is 3. The standard InChI is InChI=1S/C55H51N3O6/c1-3-5-32-61-40-24-20-38(21-25-40)54(59)63-42-28-16-36(17-29-42)48-34-56-52(46-12-7-10-44(46)48)50-14-9-15-51(58-50)53-47-13-8-11-45(47)49(35-57-53)37-18-30-43(31-19-37)64-55(60)39-22-26-41(27-23-39)62-33-6-4-2/h9,14-31,34-35H,3-8,10-13,32-33H2,1-2H3. The molecule has 0 bridgehead atoms. The summed E-state index contributed by atoms with van der Waals surface area (Å²) >= 11 is 0. The number of hydrogen-bond acceptors (Lipinski definition) is 9. The third-order valence-electron chi connectivity index (χ3n) is 12.0. The molecule has 4 aromatic carbocycles. The molecule has 0 unspecified atom stereocenters. The van der Waals surface area contributed by atoms with Crippen molar-refractivity contribution in [2.75, 3.05) is 13.2 Å². The van der Waals surface area contributed by atoms with Crippen LogP contribution >= 0.6 is 0 Å². The second-order valence-corrected chi connectivity index (χ2v) is 16.4. The Hall–Kier alpha value is -7.13. The second-order valence-electron chi connectivity index (χ2n) is 16.4. The molecule has 0 atom stereocenters. The number of carbonyl (C=O) groups excluding carboxylic acids is 2. The number of unbranched alkanes of at least 4 members (excludes halogenated alkanes) is 2. The van der Waals surface area contributed by atoms with Crippen molar-refractivity contribution in [2.45, 2.75) is 78.1 Å². The van der Waals surface area contributed by atoms with E-state index in [1.807, 2.05) is 73.1 Å². The van der Waals surface area contributed by atoms with Crippen LogP contribution in [0.1, 0.15) is 95.3 Å². The second kappa shape index (κ2) is 19.5. The van der Waals surface area contributed by atoms with Crippen LogP contribution in [0.4, 0.5) is 0 Å². The van der Waals surface area contributed by atoms with Gasteiger partial charge in [-0.2, -0.15) is 0 Å². The third kappa shape index (κ3) is 9.30. The van der Waals surface area contributed by atoms with E-state index >= 15 is 0 Å². The fourth-order valence-corrected chi connectivity index (χ4v) is 8.59. The number of fused-ring (bicyclic) bond motifs is 2. The van der Waals surface area contributed by atoms with Crippen molar-refractivity contribution in [1.29, 1.82) is 0 Å². The molecule has 2 aliphatic rings. The Morgan fingerprint density at radius 3 is 1.28 bits per heavy atom. The summed E-state index contributed by atoms with van der Waals surface area (Å²) in [5.41, 5.74) is 13.7. The molecule has 3 heterocycles. The minimum absolute atomic E-state index is 0.413. The molecular weight excluding hydrogens is 799 g/mol. The van der Waals surface area contributed by atoms with E-state index in [4.69, 9.17) is 33.9 Å². The van der Waals surface area contributed by atoms with Crippen LogP contribution in [-0.4, -0.2) is 40.1 Å². The Balaban J connectivity index is 0.887. The minimum atomic E-state index is -0.413. The van der Waals surface area contributed by atoms with Crippen LogP contribution in [0, 0.1) is 0 Å². The lowest BCUT2D eigenvalue weighted by Crippen LogP contribution is -2.08. The van der Waals surface area contributed by atoms with Gasteiger partial charge in [0.2, 0.25) is 0 Å². The molecule has 64 heavy (non-hydrogen) atoms. The van der Waals surface area contributed by atoms with E-state index in [1.54, 1.807) is 48.5 Å². The van der Waals surface area contributed by atoms with Gasteiger partial charge in [-0.05, 0) is 170 Å². The zero-order valence-corrected chi connectivity index (χ0v) is 36.4. The van der Waals surface area contributed by atoms with Crippen molar-refractivity contribution in [2.24, 2.45) is 0 Å². The molecule has 2 aliphatic carbocycles. The van der Waals surface area contributed by atoms with Crippen molar-refractivity contribution in [1.82, 2.24) is 15.0 Å². The average Bonchev–Trinajstić information content (AvgIpc) is 4.04. The van der Waals surface area contributed by atoms with Gasteiger partial charge >= 0.3 is 11.9 Å². The quantitative estimate of drug-likeness (QED) is 0.0533. The first-order valence-electron chi connectivity index (χ1n) is 22.6. The van der Waals surface area contributed by atoms with Gasteiger partial charge in [0, 0.05) is 23.5 Å². The van der Waals surface area contributed by atoms with Gasteiger partial charge in [0.25, 0.3) is 0 Å². The zero-order valence-electron chi connectivity index (χ0n) is 36.4. The Morgan fingerprint density at radius 2 is 0.875 bits per heavy atom. The highest BCUT2D eigenvalue weighted by Crippen LogP contribution is 2.40. The van der Waals surface area contributed by atoms with E-state index in [2.05, 4.69) is 19.9 Å². The molecule has 9 nitrogen and oxygen atoms in total. The van der Waals surface area contributed by atoms with E-state index in [0.29, 0.717) is 35.8 Å². The lowest BCUT2D eigenvalue weighted by atomic mass is 9.96. The molecule has 0 saturated heterocycles. The van der Waals surface area contributed by atoms with Crippen LogP contribution in [0.15, 0.2) is 128 Å². The summed E-state index contributed by atoms with van der Waals surface area (Å²) in [5, 5.41) is 0. The van der Waals surface area contributed by atoms with Gasteiger partial charge in [0.1, 0.15) is 23.0 Å². The zero-order chi connectivity index (χ0) is 43.8. The number of ether oxygens (including phenoxy) is 4. The molecule has 0 amide bonds. The Bertz CT molecular complexity index is 2580. The molecule has 9 rings (SSSR count). The summed E-state index contributed by atoms with van der Waals surface area (Å²) in [6.45, 7) is 5.56. The summed E-state index contributed by atoms with van der Waals surface area (Å²) in [6, 6.07) is 35.6. The Morgan fingerprint density at radius 1 is 0.484 bits per heavy atom. The Kier molecular flexibility index (Phi) is 12.9. The van der Waals surface area contributed by atoms with Gasteiger partial charge in [0.15, 0.2) is 0 Å². The van der Waals surface area contributed by atoms with Crippen LogP contribution < -0.4 is 18.9 Å². The maximum atomic E-state index is 12.9. The molecule has 0 spiro atoms. The van der Waals surface area contributed by atoms with E-state index in [0.717, 1.165) is 121 Å². The molecule has 0 aliphatic heterocycles. The predicted octanol–water partition coefficient (Wildman–Crippen LogP) is 12.3. The summed E-state index contributed by atoms with van der Waals surface area (Å²) < 4.78 is 22.9. The first-order chi connectivity index (χ1) is 31.4. The summed E-state index contributed by atoms with van der Waals surface area (Å²) in [5.74, 6) is 1.62. The topological polar surface area (TPSA) is 110 Å². The minimum Gasteiger partial charge on any atom is -0.494 e. The average molecular weight is 850 g/mol. The lowest BCUT2D eigenvalue weighted by molar-refractivity contribution is 0.0725. The van der Waals surface area contributed by atoms with Crippen molar-refractivity contribution in [3.8, 4) is 68.0 Å². The summed E-state index contributed by atoms with van der Waals surface area (Å²) in [4.78, 5) is 41.1. The predicted molar refractivity (Wildman–Crippen MR) is 249 cm³/mol. The van der Waals surface area contributed by atoms with Crippen molar-refractivity contribution < 1.29 is 28.5 Å². The van der Waals surface area contributed by atoms with E-state index < -0.39 is 11.9 Å². The molecule has 0 saturated carbocycles. The van der Waals surface area contributed by atoms with Gasteiger partial charge in [-0.1, -0.05) is 57.0 Å². The first-order valence-corrected chi connectivity index (χ1v) is 22.6. The number of rotatable bonds is 16. The van der Waals surface area contributed by atoms with Crippen molar-refractivity contribution in [3.63, 3.8) is 0 Å². The normalized spacial score (nSPS) is 12.7. The summed E-state index contributed by atoms with van der Waals surface area (Å²) in [6.07, 6.45) is 13.9. The molecule has 7 aromatic rings. The number of carbonyl (C=O) groups is 2. The molecule has 0 radical (unpaired) electrons. The number of esters is 2. The SMILES string of the molecule is CCCCOc1ccc(C(=O)Oc2ccc(-c3cnc(-c4cccc(-c5ncc(-c6ccc(OC(=O)c7ccc(OCCCC)cc7)cc6)c6c5CCC6)n4)c4c3CCC4)cc2)cc1. The maximum Gasteiger partial charge on any atom is 0.343 e. The van der Waals surface area contributed by atoms with Gasteiger partial charge < -0.3 is 18.9 Å². The molecule has 322 valence electrons. The van der Waals surface area contributed by atoms with E-state index in [-0.39, 0.29) is 0 Å². The van der Waals surface area contributed by atoms with Crippen LogP contribution in [-0.2, 0) is 25.7 Å². The van der Waals surface area contributed by atoms with Gasteiger partial charge in [-0.15, -0.1) is 0 Å². The highest BCUT2D eigenvalue weighted by Gasteiger charge is 2.25. The van der Waals surface area contributed by atoms with E-state index in [1.165, 1.54) is 22.3 Å². The maximum absolute atomic E-state index is 12.9. The fraction of sp³-hybridized carbons (Fsp3) is 0.255. The lowest BCUT2D eigenvalue weighted by Gasteiger charge is -2.15.